The lowest BCUT2D eigenvalue weighted by Gasteiger charge is -2.18. The Kier molecular flexibility index (Phi) is 8.87. The monoisotopic (exact) mass is 485 g/mol. The highest BCUT2D eigenvalue weighted by atomic mass is 35.5. The van der Waals surface area contributed by atoms with Crippen LogP contribution >= 0.6 is 23.2 Å². The molecule has 0 saturated heterocycles. The fourth-order valence-electron chi connectivity index (χ4n) is 3.00. The van der Waals surface area contributed by atoms with Crippen molar-refractivity contribution in [3.05, 3.63) is 106 Å². The zero-order valence-corrected chi connectivity index (χ0v) is 19.0. The number of carbonyl (C=O) groups is 3. The zero-order chi connectivity index (χ0) is 23.6. The SMILES string of the molecule is O=C(N[C@@H](Cc1ccccc1)C(=O)COC(=O)c1c(Cl)cccc1Cl)OCc1ccccc1. The number of benzene rings is 3. The highest BCUT2D eigenvalue weighted by molar-refractivity contribution is 6.39. The van der Waals surface area contributed by atoms with Gasteiger partial charge in [0.25, 0.3) is 0 Å². The topological polar surface area (TPSA) is 81.7 Å². The summed E-state index contributed by atoms with van der Waals surface area (Å²) in [6, 6.07) is 21.9. The lowest BCUT2D eigenvalue weighted by atomic mass is 10.0. The predicted octanol–water partition coefficient (Wildman–Crippen LogP) is 5.26. The summed E-state index contributed by atoms with van der Waals surface area (Å²) in [4.78, 5) is 37.6. The van der Waals surface area contributed by atoms with Gasteiger partial charge in [-0.15, -0.1) is 0 Å². The number of hydrogen-bond acceptors (Lipinski definition) is 5. The van der Waals surface area contributed by atoms with E-state index in [-0.39, 0.29) is 28.6 Å². The van der Waals surface area contributed by atoms with E-state index in [1.807, 2.05) is 60.7 Å². The molecule has 0 saturated carbocycles. The van der Waals surface area contributed by atoms with E-state index in [0.29, 0.717) is 0 Å². The van der Waals surface area contributed by atoms with E-state index >= 15 is 0 Å². The average Bonchev–Trinajstić information content (AvgIpc) is 2.82. The number of ether oxygens (including phenoxy) is 2. The molecule has 3 aromatic carbocycles. The lowest BCUT2D eigenvalue weighted by molar-refractivity contribution is -0.124. The Labute approximate surface area is 201 Å². The van der Waals surface area contributed by atoms with E-state index in [9.17, 15) is 14.4 Å². The van der Waals surface area contributed by atoms with Crippen LogP contribution in [-0.2, 0) is 27.3 Å². The number of hydrogen-bond donors (Lipinski definition) is 1. The summed E-state index contributed by atoms with van der Waals surface area (Å²) in [6.07, 6.45) is -0.557. The second-order valence-electron chi connectivity index (χ2n) is 7.09. The van der Waals surface area contributed by atoms with Gasteiger partial charge < -0.3 is 14.8 Å². The van der Waals surface area contributed by atoms with Crippen LogP contribution in [0.4, 0.5) is 4.79 Å². The Hall–Kier alpha value is -3.35. The Morgan fingerprint density at radius 1 is 0.758 bits per heavy atom. The van der Waals surface area contributed by atoms with Gasteiger partial charge >= 0.3 is 12.1 Å². The number of rotatable bonds is 9. The van der Waals surface area contributed by atoms with Crippen molar-refractivity contribution in [1.82, 2.24) is 5.32 Å². The Bertz CT molecular complexity index is 1090. The maximum Gasteiger partial charge on any atom is 0.408 e. The summed E-state index contributed by atoms with van der Waals surface area (Å²) in [5.74, 6) is -1.34. The van der Waals surface area contributed by atoms with Crippen LogP contribution in [0.25, 0.3) is 0 Å². The van der Waals surface area contributed by atoms with Gasteiger partial charge in [-0.05, 0) is 23.3 Å². The minimum Gasteiger partial charge on any atom is -0.454 e. The Morgan fingerprint density at radius 2 is 1.33 bits per heavy atom. The van der Waals surface area contributed by atoms with E-state index in [4.69, 9.17) is 32.7 Å². The molecule has 0 aliphatic rings. The van der Waals surface area contributed by atoms with Crippen molar-refractivity contribution in [3.8, 4) is 0 Å². The van der Waals surface area contributed by atoms with Gasteiger partial charge in [-0.3, -0.25) is 4.79 Å². The summed E-state index contributed by atoms with van der Waals surface area (Å²) in [7, 11) is 0. The van der Waals surface area contributed by atoms with Crippen molar-refractivity contribution >= 4 is 41.0 Å². The van der Waals surface area contributed by atoms with Crippen LogP contribution in [0, 0.1) is 0 Å². The molecule has 0 heterocycles. The molecule has 33 heavy (non-hydrogen) atoms. The molecule has 0 bridgehead atoms. The molecule has 6 nitrogen and oxygen atoms in total. The number of alkyl carbamates (subject to hydrolysis) is 1. The summed E-state index contributed by atoms with van der Waals surface area (Å²) in [5, 5.41) is 2.80. The molecular weight excluding hydrogens is 465 g/mol. The highest BCUT2D eigenvalue weighted by Gasteiger charge is 2.24. The molecular formula is C25H21Cl2NO5. The number of ketones is 1. The molecule has 0 unspecified atom stereocenters. The molecule has 0 radical (unpaired) electrons. The summed E-state index contributed by atoms with van der Waals surface area (Å²) in [6.45, 7) is -0.518. The highest BCUT2D eigenvalue weighted by Crippen LogP contribution is 2.25. The molecule has 0 fully saturated rings. The van der Waals surface area contributed by atoms with Gasteiger partial charge in [-0.1, -0.05) is 89.9 Å². The minimum absolute atomic E-state index is 0.0246. The summed E-state index contributed by atoms with van der Waals surface area (Å²) in [5.41, 5.74) is 1.60. The van der Waals surface area contributed by atoms with E-state index in [1.165, 1.54) is 12.1 Å². The van der Waals surface area contributed by atoms with E-state index in [0.717, 1.165) is 11.1 Å². The predicted molar refractivity (Wildman–Crippen MR) is 125 cm³/mol. The molecule has 8 heteroatoms. The van der Waals surface area contributed by atoms with Crippen molar-refractivity contribution in [2.24, 2.45) is 0 Å². The molecule has 0 aromatic heterocycles. The van der Waals surface area contributed by atoms with Gasteiger partial charge in [-0.25, -0.2) is 9.59 Å². The van der Waals surface area contributed by atoms with Gasteiger partial charge in [0, 0.05) is 6.42 Å². The third-order valence-corrected chi connectivity index (χ3v) is 5.32. The summed E-state index contributed by atoms with van der Waals surface area (Å²) < 4.78 is 10.4. The zero-order valence-electron chi connectivity index (χ0n) is 17.5. The maximum absolute atomic E-state index is 12.8. The molecule has 0 aliphatic heterocycles. The van der Waals surface area contributed by atoms with Crippen molar-refractivity contribution in [1.29, 1.82) is 0 Å². The first-order valence-electron chi connectivity index (χ1n) is 10.1. The van der Waals surface area contributed by atoms with Gasteiger partial charge in [0.2, 0.25) is 0 Å². The van der Waals surface area contributed by atoms with Crippen LogP contribution in [0.15, 0.2) is 78.9 Å². The molecule has 170 valence electrons. The van der Waals surface area contributed by atoms with Crippen LogP contribution in [0.1, 0.15) is 21.5 Å². The van der Waals surface area contributed by atoms with Gasteiger partial charge in [-0.2, -0.15) is 0 Å². The van der Waals surface area contributed by atoms with Crippen molar-refractivity contribution in [2.75, 3.05) is 6.61 Å². The third kappa shape index (κ3) is 7.34. The van der Waals surface area contributed by atoms with Gasteiger partial charge in [0.05, 0.1) is 21.7 Å². The van der Waals surface area contributed by atoms with Crippen LogP contribution in [0.3, 0.4) is 0 Å². The first-order chi connectivity index (χ1) is 15.9. The Morgan fingerprint density at radius 3 is 1.94 bits per heavy atom. The smallest absolute Gasteiger partial charge is 0.408 e. The summed E-state index contributed by atoms with van der Waals surface area (Å²) >= 11 is 12.0. The van der Waals surface area contributed by atoms with Crippen molar-refractivity contribution < 1.29 is 23.9 Å². The normalized spacial score (nSPS) is 11.3. The fourth-order valence-corrected chi connectivity index (χ4v) is 3.56. The maximum atomic E-state index is 12.8. The van der Waals surface area contributed by atoms with E-state index < -0.39 is 30.5 Å². The largest absolute Gasteiger partial charge is 0.454 e. The fraction of sp³-hybridized carbons (Fsp3) is 0.160. The van der Waals surface area contributed by atoms with E-state index in [2.05, 4.69) is 5.32 Å². The van der Waals surface area contributed by atoms with Crippen molar-refractivity contribution in [3.63, 3.8) is 0 Å². The standard InChI is InChI=1S/C25H21Cl2NO5/c26-19-12-7-13-20(27)23(19)24(30)32-16-22(29)21(14-17-8-3-1-4-9-17)28-25(31)33-15-18-10-5-2-6-11-18/h1-13,21H,14-16H2,(H,28,31)/t21-/m0/s1. The van der Waals surface area contributed by atoms with Gasteiger partial charge in [0.1, 0.15) is 6.61 Å². The lowest BCUT2D eigenvalue weighted by Crippen LogP contribution is -2.44. The van der Waals surface area contributed by atoms with Crippen LogP contribution in [-0.4, -0.2) is 30.5 Å². The van der Waals surface area contributed by atoms with Crippen LogP contribution < -0.4 is 5.32 Å². The first kappa shape index (κ1) is 24.3. The first-order valence-corrected chi connectivity index (χ1v) is 10.8. The van der Waals surface area contributed by atoms with Crippen LogP contribution in [0.5, 0.6) is 0 Å². The van der Waals surface area contributed by atoms with Crippen LogP contribution in [0.2, 0.25) is 10.0 Å². The molecule has 3 rings (SSSR count). The number of esters is 1. The number of nitrogens with one attached hydrogen (secondary N) is 1. The number of carbonyl (C=O) groups excluding carboxylic acids is 3. The molecule has 1 atom stereocenters. The number of halogens is 2. The third-order valence-electron chi connectivity index (χ3n) is 4.69. The quantitative estimate of drug-likeness (QED) is 0.418. The minimum atomic E-state index is -0.967. The van der Waals surface area contributed by atoms with E-state index in [1.54, 1.807) is 6.07 Å². The molecule has 1 amide bonds. The molecule has 0 aliphatic carbocycles. The molecule has 1 N–H and O–H groups in total. The molecule has 3 aromatic rings. The second kappa shape index (κ2) is 12.0. The average molecular weight is 486 g/mol. The van der Waals surface area contributed by atoms with Gasteiger partial charge in [0.15, 0.2) is 12.4 Å². The molecule has 0 spiro atoms. The Balaban J connectivity index is 1.64. The van der Waals surface area contributed by atoms with Crippen molar-refractivity contribution in [2.45, 2.75) is 19.1 Å². The number of Topliss-reactive ketones (excluding diaryl/α,β-unsaturated/α-hetero) is 1. The second-order valence-corrected chi connectivity index (χ2v) is 7.90. The number of amides is 1.